The first kappa shape index (κ1) is 19.7. The highest BCUT2D eigenvalue weighted by Crippen LogP contribution is 2.49. The smallest absolute Gasteiger partial charge is 0.311 e. The predicted octanol–water partition coefficient (Wildman–Crippen LogP) is 2.25. The molecule has 1 aromatic rings. The van der Waals surface area contributed by atoms with Gasteiger partial charge in [-0.3, -0.25) is 14.4 Å². The van der Waals surface area contributed by atoms with Crippen LogP contribution in [0.4, 0.5) is 0 Å². The topological polar surface area (TPSA) is 86.7 Å². The van der Waals surface area contributed by atoms with Gasteiger partial charge in [0.15, 0.2) is 0 Å². The van der Waals surface area contributed by atoms with Crippen LogP contribution in [0.1, 0.15) is 36.0 Å². The highest BCUT2D eigenvalue weighted by atomic mass is 32.2. The number of amides is 2. The molecule has 2 fully saturated rings. The molecule has 0 radical (unpaired) electrons. The van der Waals surface area contributed by atoms with Gasteiger partial charge in [-0.2, -0.15) is 11.8 Å². The summed E-state index contributed by atoms with van der Waals surface area (Å²) in [5, 5.41) is 12.6. The monoisotopic (exact) mass is 390 g/mol. The number of hydrogen-bond acceptors (Lipinski definition) is 4. The lowest BCUT2D eigenvalue weighted by Gasteiger charge is -2.26. The molecule has 0 bridgehead atoms. The van der Waals surface area contributed by atoms with E-state index < -0.39 is 17.4 Å². The molecule has 1 unspecified atom stereocenters. The van der Waals surface area contributed by atoms with Crippen molar-refractivity contribution in [3.05, 3.63) is 35.9 Å². The maximum atomic E-state index is 13.1. The number of nitrogens with zero attached hydrogens (tertiary/aromatic N) is 1. The number of aliphatic carboxylic acids is 1. The summed E-state index contributed by atoms with van der Waals surface area (Å²) >= 11 is 1.62. The van der Waals surface area contributed by atoms with Crippen molar-refractivity contribution in [2.24, 2.45) is 11.3 Å². The van der Waals surface area contributed by atoms with Gasteiger partial charge in [-0.25, -0.2) is 0 Å². The maximum Gasteiger partial charge on any atom is 0.311 e. The van der Waals surface area contributed by atoms with Crippen molar-refractivity contribution < 1.29 is 19.5 Å². The second-order valence-corrected chi connectivity index (χ2v) is 8.43. The average Bonchev–Trinajstić information content (AvgIpc) is 3.23. The Morgan fingerprint density at radius 3 is 2.70 bits per heavy atom. The van der Waals surface area contributed by atoms with Gasteiger partial charge in [-0.1, -0.05) is 24.6 Å². The van der Waals surface area contributed by atoms with Gasteiger partial charge in [0.1, 0.15) is 6.04 Å². The van der Waals surface area contributed by atoms with Crippen molar-refractivity contribution >= 4 is 29.5 Å². The number of carboxylic acid groups (broad SMARTS) is 1. The molecule has 0 aromatic heterocycles. The molecule has 1 aromatic carbocycles. The van der Waals surface area contributed by atoms with E-state index in [4.69, 9.17) is 0 Å². The fourth-order valence-electron chi connectivity index (χ4n) is 4.35. The number of likely N-dealkylation sites (tertiary alicyclic amines) is 1. The van der Waals surface area contributed by atoms with Crippen LogP contribution in [-0.4, -0.2) is 58.9 Å². The van der Waals surface area contributed by atoms with Crippen molar-refractivity contribution in [2.45, 2.75) is 31.7 Å². The van der Waals surface area contributed by atoms with Crippen molar-refractivity contribution in [1.29, 1.82) is 0 Å². The van der Waals surface area contributed by atoms with Crippen LogP contribution in [-0.2, 0) is 9.59 Å². The highest BCUT2D eigenvalue weighted by molar-refractivity contribution is 7.98. The number of thioether (sulfide) groups is 1. The van der Waals surface area contributed by atoms with Crippen molar-refractivity contribution in [3.63, 3.8) is 0 Å². The van der Waals surface area contributed by atoms with Gasteiger partial charge in [0.05, 0.1) is 5.41 Å². The van der Waals surface area contributed by atoms with E-state index in [1.807, 2.05) is 12.3 Å². The number of fused-ring (bicyclic) bond motifs is 1. The molecule has 1 aliphatic carbocycles. The third kappa shape index (κ3) is 3.98. The number of carbonyl (C=O) groups is 3. The van der Waals surface area contributed by atoms with E-state index in [1.165, 1.54) is 0 Å². The lowest BCUT2D eigenvalue weighted by Crippen LogP contribution is -2.49. The van der Waals surface area contributed by atoms with Crippen LogP contribution < -0.4 is 5.32 Å². The third-order valence-electron chi connectivity index (χ3n) is 5.86. The van der Waals surface area contributed by atoms with Gasteiger partial charge in [0, 0.05) is 18.7 Å². The van der Waals surface area contributed by atoms with Crippen LogP contribution in [0.15, 0.2) is 30.3 Å². The van der Waals surface area contributed by atoms with Crippen LogP contribution >= 0.6 is 11.8 Å². The number of nitrogens with one attached hydrogen (secondary N) is 1. The van der Waals surface area contributed by atoms with Crippen molar-refractivity contribution in [2.75, 3.05) is 25.1 Å². The number of benzene rings is 1. The second-order valence-electron chi connectivity index (χ2n) is 7.44. The zero-order valence-corrected chi connectivity index (χ0v) is 16.3. The zero-order valence-electron chi connectivity index (χ0n) is 15.5. The minimum absolute atomic E-state index is 0.0185. The number of rotatable bonds is 7. The molecule has 0 spiro atoms. The number of hydrogen-bond donors (Lipinski definition) is 2. The molecule has 2 amide bonds. The molecule has 2 aliphatic rings. The van der Waals surface area contributed by atoms with Gasteiger partial charge in [0.25, 0.3) is 5.91 Å². The first-order valence-electron chi connectivity index (χ1n) is 9.35. The summed E-state index contributed by atoms with van der Waals surface area (Å²) in [5.74, 6) is -0.475. The van der Waals surface area contributed by atoms with E-state index in [-0.39, 0.29) is 24.3 Å². The second kappa shape index (κ2) is 8.33. The molecule has 1 saturated carbocycles. The summed E-state index contributed by atoms with van der Waals surface area (Å²) < 4.78 is 0. The van der Waals surface area contributed by atoms with Crippen LogP contribution in [0.5, 0.6) is 0 Å². The maximum absolute atomic E-state index is 13.1. The number of carboxylic acids is 1. The van der Waals surface area contributed by atoms with E-state index >= 15 is 0 Å². The normalized spacial score (nSPS) is 25.1. The molecule has 1 aliphatic heterocycles. The molecule has 1 heterocycles. The van der Waals surface area contributed by atoms with E-state index in [9.17, 15) is 19.5 Å². The molecule has 6 nitrogen and oxygen atoms in total. The first-order chi connectivity index (χ1) is 13.0. The molecule has 7 heteroatoms. The third-order valence-corrected chi connectivity index (χ3v) is 6.50. The summed E-state index contributed by atoms with van der Waals surface area (Å²) in [4.78, 5) is 39.2. The summed E-state index contributed by atoms with van der Waals surface area (Å²) in [6.07, 6.45) is 4.87. The molecule has 27 heavy (non-hydrogen) atoms. The van der Waals surface area contributed by atoms with Gasteiger partial charge in [-0.05, 0) is 49.3 Å². The standard InChI is InChI=1S/C20H26N2O4S/c1-27-11-9-16(21-17(23)14-6-3-2-4-7-14)18(24)22-12-15-8-5-10-20(15,13-22)19(25)26/h2-4,6-7,15-16H,5,8-13H2,1H3,(H,21,23)(H,25,26)/t15-,16?,20+/m0/s1. The Morgan fingerprint density at radius 2 is 2.07 bits per heavy atom. The SMILES string of the molecule is CSCCC(NC(=O)c1ccccc1)C(=O)N1C[C@@H]2CCC[C@@]2(C(=O)O)C1. The van der Waals surface area contributed by atoms with Gasteiger partial charge < -0.3 is 15.3 Å². The Hall–Kier alpha value is -2.02. The molecular formula is C20H26N2O4S. The summed E-state index contributed by atoms with van der Waals surface area (Å²) in [7, 11) is 0. The Labute approximate surface area is 163 Å². The highest BCUT2D eigenvalue weighted by Gasteiger charge is 2.56. The molecule has 2 N–H and O–H groups in total. The predicted molar refractivity (Wildman–Crippen MR) is 105 cm³/mol. The Kier molecular flexibility index (Phi) is 6.09. The largest absolute Gasteiger partial charge is 0.481 e. The Morgan fingerprint density at radius 1 is 1.33 bits per heavy atom. The zero-order chi connectivity index (χ0) is 19.4. The Balaban J connectivity index is 1.72. The lowest BCUT2D eigenvalue weighted by molar-refractivity contribution is -0.149. The fraction of sp³-hybridized carbons (Fsp3) is 0.550. The molecule has 1 saturated heterocycles. The summed E-state index contributed by atoms with van der Waals surface area (Å²) in [6.45, 7) is 0.727. The first-order valence-corrected chi connectivity index (χ1v) is 10.7. The molecule has 3 rings (SSSR count). The van der Waals surface area contributed by atoms with Gasteiger partial charge >= 0.3 is 5.97 Å². The van der Waals surface area contributed by atoms with Gasteiger partial charge in [0.2, 0.25) is 5.91 Å². The number of carbonyl (C=O) groups excluding carboxylic acids is 2. The lowest BCUT2D eigenvalue weighted by atomic mass is 9.81. The van der Waals surface area contributed by atoms with E-state index in [0.717, 1.165) is 18.6 Å². The van der Waals surface area contributed by atoms with Crippen LogP contribution in [0.3, 0.4) is 0 Å². The molecule has 146 valence electrons. The molecule has 3 atom stereocenters. The van der Waals surface area contributed by atoms with E-state index in [1.54, 1.807) is 40.9 Å². The minimum Gasteiger partial charge on any atom is -0.481 e. The quantitative estimate of drug-likeness (QED) is 0.746. The van der Waals surface area contributed by atoms with Crippen molar-refractivity contribution in [3.8, 4) is 0 Å². The molecular weight excluding hydrogens is 364 g/mol. The van der Waals surface area contributed by atoms with E-state index in [0.29, 0.717) is 24.9 Å². The fourth-order valence-corrected chi connectivity index (χ4v) is 4.82. The van der Waals surface area contributed by atoms with Crippen LogP contribution in [0.2, 0.25) is 0 Å². The van der Waals surface area contributed by atoms with E-state index in [2.05, 4.69) is 5.32 Å². The average molecular weight is 391 g/mol. The van der Waals surface area contributed by atoms with Crippen molar-refractivity contribution in [1.82, 2.24) is 10.2 Å². The summed E-state index contributed by atoms with van der Waals surface area (Å²) in [5.41, 5.74) is -0.289. The van der Waals surface area contributed by atoms with Crippen LogP contribution in [0, 0.1) is 11.3 Å². The van der Waals surface area contributed by atoms with Gasteiger partial charge in [-0.15, -0.1) is 0 Å². The Bertz CT molecular complexity index is 711. The minimum atomic E-state index is -0.802. The summed E-state index contributed by atoms with van der Waals surface area (Å²) in [6, 6.07) is 8.20. The van der Waals surface area contributed by atoms with Crippen LogP contribution in [0.25, 0.3) is 0 Å².